The molecule has 0 unspecified atom stereocenters. The molecule has 7 nitrogen and oxygen atoms in total. The maximum absolute atomic E-state index is 12.0. The Morgan fingerprint density at radius 1 is 1.07 bits per heavy atom. The fraction of sp³-hybridized carbons (Fsp3) is 0.318. The van der Waals surface area contributed by atoms with Gasteiger partial charge in [0.2, 0.25) is 11.8 Å². The van der Waals surface area contributed by atoms with Crippen molar-refractivity contribution < 1.29 is 19.1 Å². The second-order valence-corrected chi connectivity index (χ2v) is 6.60. The molecule has 0 fully saturated rings. The van der Waals surface area contributed by atoms with Crippen molar-refractivity contribution in [3.63, 3.8) is 0 Å². The molecule has 0 aliphatic heterocycles. The minimum Gasteiger partial charge on any atom is -0.493 e. The number of carbonyl (C=O) groups is 2. The summed E-state index contributed by atoms with van der Waals surface area (Å²) in [4.78, 5) is 24.0. The van der Waals surface area contributed by atoms with Crippen molar-refractivity contribution in [3.05, 3.63) is 53.1 Å². The lowest BCUT2D eigenvalue weighted by Gasteiger charge is -2.10. The Labute approximate surface area is 171 Å². The third-order valence-electron chi connectivity index (χ3n) is 4.03. The summed E-state index contributed by atoms with van der Waals surface area (Å²) in [5.41, 5.74) is 5.82. The number of rotatable bonds is 9. The van der Waals surface area contributed by atoms with Gasteiger partial charge in [-0.3, -0.25) is 9.59 Å². The molecule has 7 heteroatoms. The Morgan fingerprint density at radius 2 is 1.86 bits per heavy atom. The van der Waals surface area contributed by atoms with Gasteiger partial charge in [-0.15, -0.1) is 0 Å². The topological polar surface area (TPSA) is 89.0 Å². The summed E-state index contributed by atoms with van der Waals surface area (Å²) in [6, 6.07) is 11.0. The van der Waals surface area contributed by atoms with Crippen LogP contribution in [-0.4, -0.2) is 31.7 Å². The van der Waals surface area contributed by atoms with Crippen LogP contribution in [0.4, 0.5) is 5.69 Å². The summed E-state index contributed by atoms with van der Waals surface area (Å²) >= 11 is 0. The van der Waals surface area contributed by atoms with Crippen LogP contribution in [-0.2, 0) is 9.59 Å². The minimum absolute atomic E-state index is 0.322. The maximum Gasteiger partial charge on any atom is 0.249 e. The Balaban J connectivity index is 1.87. The van der Waals surface area contributed by atoms with Crippen molar-refractivity contribution in [2.45, 2.75) is 33.6 Å². The minimum atomic E-state index is -0.502. The quantitative estimate of drug-likeness (QED) is 0.385. The molecule has 154 valence electrons. The lowest BCUT2D eigenvalue weighted by atomic mass is 10.1. The SMILES string of the molecule is CCCOc1ccc(C=NNC(=O)CC(=O)Nc2ccc(C)cc2C)cc1OC. The van der Waals surface area contributed by atoms with E-state index in [9.17, 15) is 9.59 Å². The number of carbonyl (C=O) groups excluding carboxylic acids is 2. The highest BCUT2D eigenvalue weighted by Gasteiger charge is 2.10. The molecule has 29 heavy (non-hydrogen) atoms. The Hall–Kier alpha value is -3.35. The molecule has 0 bridgehead atoms. The van der Waals surface area contributed by atoms with Crippen LogP contribution < -0.4 is 20.2 Å². The number of methoxy groups -OCH3 is 1. The molecular formula is C22H27N3O4. The third kappa shape index (κ3) is 6.95. The monoisotopic (exact) mass is 397 g/mol. The Morgan fingerprint density at radius 3 is 2.55 bits per heavy atom. The molecule has 0 spiro atoms. The number of hydrogen-bond donors (Lipinski definition) is 2. The van der Waals surface area contributed by atoms with E-state index in [0.717, 1.165) is 23.1 Å². The smallest absolute Gasteiger partial charge is 0.249 e. The molecule has 0 aliphatic carbocycles. The first-order valence-electron chi connectivity index (χ1n) is 9.42. The molecule has 2 aromatic carbocycles. The average molecular weight is 397 g/mol. The molecule has 0 aromatic heterocycles. The van der Waals surface area contributed by atoms with E-state index in [2.05, 4.69) is 15.8 Å². The molecule has 0 atom stereocenters. The molecule has 2 aromatic rings. The summed E-state index contributed by atoms with van der Waals surface area (Å²) in [6.45, 7) is 6.51. The Bertz CT molecular complexity index is 894. The molecule has 0 saturated heterocycles. The van der Waals surface area contributed by atoms with Crippen LogP contribution in [0.2, 0.25) is 0 Å². The van der Waals surface area contributed by atoms with Crippen molar-refractivity contribution in [2.24, 2.45) is 5.10 Å². The average Bonchev–Trinajstić information content (AvgIpc) is 2.68. The zero-order valence-electron chi connectivity index (χ0n) is 17.2. The van der Waals surface area contributed by atoms with Crippen LogP contribution in [0.5, 0.6) is 11.5 Å². The number of hydrogen-bond acceptors (Lipinski definition) is 5. The Kier molecular flexibility index (Phi) is 8.21. The number of ether oxygens (including phenoxy) is 2. The van der Waals surface area contributed by atoms with E-state index in [-0.39, 0.29) is 6.42 Å². The predicted molar refractivity (Wildman–Crippen MR) is 114 cm³/mol. The van der Waals surface area contributed by atoms with Gasteiger partial charge in [0.05, 0.1) is 19.9 Å². The molecule has 0 saturated carbocycles. The number of benzene rings is 2. The van der Waals surface area contributed by atoms with Crippen molar-refractivity contribution >= 4 is 23.7 Å². The largest absolute Gasteiger partial charge is 0.493 e. The fourth-order valence-electron chi connectivity index (χ4n) is 2.61. The van der Waals surface area contributed by atoms with Gasteiger partial charge >= 0.3 is 0 Å². The molecule has 2 N–H and O–H groups in total. The van der Waals surface area contributed by atoms with Gasteiger partial charge in [-0.2, -0.15) is 5.10 Å². The summed E-state index contributed by atoms with van der Waals surface area (Å²) in [5, 5.41) is 6.63. The molecule has 0 aliphatic rings. The molecule has 0 heterocycles. The number of anilines is 1. The zero-order chi connectivity index (χ0) is 21.2. The van der Waals surface area contributed by atoms with Gasteiger partial charge in [-0.25, -0.2) is 5.43 Å². The summed E-state index contributed by atoms with van der Waals surface area (Å²) in [7, 11) is 1.56. The van der Waals surface area contributed by atoms with Crippen molar-refractivity contribution in [1.29, 1.82) is 0 Å². The van der Waals surface area contributed by atoms with Crippen LogP contribution in [0.3, 0.4) is 0 Å². The highest BCUT2D eigenvalue weighted by Crippen LogP contribution is 2.27. The van der Waals surface area contributed by atoms with Crippen LogP contribution in [0.25, 0.3) is 0 Å². The van der Waals surface area contributed by atoms with Crippen LogP contribution in [0.1, 0.15) is 36.5 Å². The van der Waals surface area contributed by atoms with Gasteiger partial charge in [-0.05, 0) is 55.7 Å². The highest BCUT2D eigenvalue weighted by atomic mass is 16.5. The standard InChI is InChI=1S/C22H27N3O4/c1-5-10-29-19-9-7-17(12-20(19)28-4)14-23-25-22(27)13-21(26)24-18-8-6-15(2)11-16(18)3/h6-9,11-12,14H,5,10,13H2,1-4H3,(H,24,26)(H,25,27). The number of aryl methyl sites for hydroxylation is 2. The van der Waals surface area contributed by atoms with Crippen LogP contribution in [0, 0.1) is 13.8 Å². The first-order chi connectivity index (χ1) is 13.9. The maximum atomic E-state index is 12.0. The fourth-order valence-corrected chi connectivity index (χ4v) is 2.61. The van der Waals surface area contributed by atoms with E-state index in [1.165, 1.54) is 6.21 Å². The van der Waals surface area contributed by atoms with Crippen molar-refractivity contribution in [2.75, 3.05) is 19.0 Å². The molecule has 0 radical (unpaired) electrons. The molecule has 2 rings (SSSR count). The van der Waals surface area contributed by atoms with Crippen LogP contribution >= 0.6 is 0 Å². The van der Waals surface area contributed by atoms with E-state index in [0.29, 0.717) is 23.8 Å². The number of hydrazone groups is 1. The second-order valence-electron chi connectivity index (χ2n) is 6.60. The first-order valence-corrected chi connectivity index (χ1v) is 9.42. The van der Waals surface area contributed by atoms with Crippen LogP contribution in [0.15, 0.2) is 41.5 Å². The van der Waals surface area contributed by atoms with E-state index in [4.69, 9.17) is 9.47 Å². The lowest BCUT2D eigenvalue weighted by molar-refractivity contribution is -0.126. The van der Waals surface area contributed by atoms with Crippen molar-refractivity contribution in [1.82, 2.24) is 5.43 Å². The predicted octanol–water partition coefficient (Wildman–Crippen LogP) is 3.58. The summed E-state index contributed by atoms with van der Waals surface area (Å²) in [5.74, 6) is 0.335. The summed E-state index contributed by atoms with van der Waals surface area (Å²) < 4.78 is 10.9. The number of amides is 2. The third-order valence-corrected chi connectivity index (χ3v) is 4.03. The van der Waals surface area contributed by atoms with E-state index < -0.39 is 11.8 Å². The van der Waals surface area contributed by atoms with E-state index >= 15 is 0 Å². The normalized spacial score (nSPS) is 10.6. The lowest BCUT2D eigenvalue weighted by Crippen LogP contribution is -2.24. The van der Waals surface area contributed by atoms with Gasteiger partial charge < -0.3 is 14.8 Å². The van der Waals surface area contributed by atoms with Crippen molar-refractivity contribution in [3.8, 4) is 11.5 Å². The van der Waals surface area contributed by atoms with Gasteiger partial charge in [-0.1, -0.05) is 24.6 Å². The second kappa shape index (κ2) is 10.8. The number of nitrogens with one attached hydrogen (secondary N) is 2. The van der Waals surface area contributed by atoms with E-state index in [1.807, 2.05) is 39.0 Å². The van der Waals surface area contributed by atoms with E-state index in [1.54, 1.807) is 25.3 Å². The first kappa shape index (κ1) is 21.9. The van der Waals surface area contributed by atoms with Gasteiger partial charge in [0.15, 0.2) is 11.5 Å². The summed E-state index contributed by atoms with van der Waals surface area (Å²) in [6.07, 6.45) is 2.05. The molecular weight excluding hydrogens is 370 g/mol. The van der Waals surface area contributed by atoms with Gasteiger partial charge in [0.25, 0.3) is 0 Å². The highest BCUT2D eigenvalue weighted by molar-refractivity contribution is 6.04. The number of nitrogens with zero attached hydrogens (tertiary/aromatic N) is 1. The van der Waals surface area contributed by atoms with Gasteiger partial charge in [0, 0.05) is 5.69 Å². The van der Waals surface area contributed by atoms with Gasteiger partial charge in [0.1, 0.15) is 6.42 Å². The zero-order valence-corrected chi connectivity index (χ0v) is 17.2. The molecule has 2 amide bonds.